The Bertz CT molecular complexity index is 1210. The number of aliphatic hydroxyl groups is 1. The van der Waals surface area contributed by atoms with Crippen LogP contribution in [-0.2, 0) is 10.0 Å². The van der Waals surface area contributed by atoms with Crippen LogP contribution in [0.15, 0.2) is 42.5 Å². The van der Waals surface area contributed by atoms with Crippen molar-refractivity contribution in [2.75, 3.05) is 59.4 Å². The molecule has 1 amide bonds. The minimum Gasteiger partial charge on any atom is -0.493 e. The van der Waals surface area contributed by atoms with E-state index in [1.54, 1.807) is 37.4 Å². The predicted molar refractivity (Wildman–Crippen MR) is 141 cm³/mol. The molecule has 1 aromatic carbocycles. The lowest BCUT2D eigenvalue weighted by Gasteiger charge is -2.34. The number of rotatable bonds is 5. The summed E-state index contributed by atoms with van der Waals surface area (Å²) >= 11 is 0. The maximum absolute atomic E-state index is 13.4. The van der Waals surface area contributed by atoms with Crippen LogP contribution in [0.5, 0.6) is 5.75 Å². The van der Waals surface area contributed by atoms with Gasteiger partial charge in [-0.15, -0.1) is 0 Å². The second-order valence-electron chi connectivity index (χ2n) is 8.93. The van der Waals surface area contributed by atoms with Gasteiger partial charge in [0.05, 0.1) is 36.4 Å². The molecule has 36 heavy (non-hydrogen) atoms. The molecule has 0 saturated carbocycles. The molecule has 0 spiro atoms. The van der Waals surface area contributed by atoms with Crippen LogP contribution in [0, 0.1) is 5.92 Å². The average molecular weight is 516 g/mol. The predicted octanol–water partition coefficient (Wildman–Crippen LogP) is 3.05. The summed E-state index contributed by atoms with van der Waals surface area (Å²) < 4.78 is 32.3. The van der Waals surface area contributed by atoms with Gasteiger partial charge in [0, 0.05) is 19.6 Å². The second kappa shape index (κ2) is 11.6. The average Bonchev–Trinajstić information content (AvgIpc) is 2.86. The molecule has 3 aliphatic rings. The Kier molecular flexibility index (Phi) is 8.32. The van der Waals surface area contributed by atoms with E-state index in [1.807, 2.05) is 0 Å². The number of piperidine rings is 1. The minimum absolute atomic E-state index is 0.341. The summed E-state index contributed by atoms with van der Waals surface area (Å²) in [5.41, 5.74) is 1.43. The largest absolute Gasteiger partial charge is 0.493 e. The fraction of sp³-hybridized carbons (Fsp3) is 0.440. The molecular weight excluding hydrogens is 482 g/mol. The monoisotopic (exact) mass is 515 g/mol. The Hall–Kier alpha value is -3.31. The number of amides is 1. The highest BCUT2D eigenvalue weighted by Crippen LogP contribution is 2.32. The third-order valence-electron chi connectivity index (χ3n) is 6.39. The van der Waals surface area contributed by atoms with Gasteiger partial charge >= 0.3 is 0 Å². The first-order valence-corrected chi connectivity index (χ1v) is 13.8. The van der Waals surface area contributed by atoms with E-state index in [1.165, 1.54) is 0 Å². The Balaban J connectivity index is 1.69. The van der Waals surface area contributed by atoms with E-state index in [2.05, 4.69) is 37.4 Å². The van der Waals surface area contributed by atoms with Gasteiger partial charge < -0.3 is 25.4 Å². The Morgan fingerprint density at radius 2 is 2.00 bits per heavy atom. The van der Waals surface area contributed by atoms with Crippen LogP contribution in [0.3, 0.4) is 0 Å². The van der Waals surface area contributed by atoms with E-state index >= 15 is 0 Å². The van der Waals surface area contributed by atoms with Crippen molar-refractivity contribution in [3.05, 3.63) is 48.0 Å². The number of sulfonamides is 1. The lowest BCUT2D eigenvalue weighted by molar-refractivity contribution is 0.102. The van der Waals surface area contributed by atoms with Crippen LogP contribution in [0.1, 0.15) is 36.0 Å². The second-order valence-corrected chi connectivity index (χ2v) is 10.8. The molecule has 2 aromatic rings. The number of hydrogen-bond acceptors (Lipinski definition) is 8. The fourth-order valence-corrected chi connectivity index (χ4v) is 5.31. The number of benzene rings is 1. The van der Waals surface area contributed by atoms with Gasteiger partial charge in [0.15, 0.2) is 11.6 Å². The lowest BCUT2D eigenvalue weighted by atomic mass is 9.92. The highest BCUT2D eigenvalue weighted by Gasteiger charge is 2.24. The summed E-state index contributed by atoms with van der Waals surface area (Å²) in [5.74, 6) is 1.32. The van der Waals surface area contributed by atoms with Crippen LogP contribution < -0.4 is 25.0 Å². The van der Waals surface area contributed by atoms with Crippen LogP contribution in [0.25, 0.3) is 0 Å². The van der Waals surface area contributed by atoms with Crippen molar-refractivity contribution in [1.82, 2.24) is 4.98 Å². The van der Waals surface area contributed by atoms with Crippen molar-refractivity contribution in [2.45, 2.75) is 25.7 Å². The van der Waals surface area contributed by atoms with Crippen LogP contribution in [0.2, 0.25) is 0 Å². The smallest absolute Gasteiger partial charge is 0.258 e. The molecule has 4 heterocycles. The number of methoxy groups -OCH3 is 1. The van der Waals surface area contributed by atoms with Crippen LogP contribution in [-0.4, -0.2) is 63.5 Å². The third kappa shape index (κ3) is 6.46. The van der Waals surface area contributed by atoms with Gasteiger partial charge in [-0.05, 0) is 61.9 Å². The number of nitrogens with zero attached hydrogens (tertiary/aromatic N) is 2. The minimum atomic E-state index is -3.70. The molecule has 0 radical (unpaired) electrons. The molecule has 1 fully saturated rings. The van der Waals surface area contributed by atoms with E-state index in [0.717, 1.165) is 38.8 Å². The summed E-state index contributed by atoms with van der Waals surface area (Å²) in [6, 6.07) is 8.29. The summed E-state index contributed by atoms with van der Waals surface area (Å²) in [6.45, 7) is 1.74. The van der Waals surface area contributed by atoms with Crippen molar-refractivity contribution in [1.29, 1.82) is 0 Å². The SMILES string of the molecule is COc1ccc2nc1NCC/C=C/CC1CCN(CC1)c1cc(NS(=O)(=O)CCO)ccc1C(=O)N2. The number of pyridine rings is 1. The van der Waals surface area contributed by atoms with Gasteiger partial charge in [-0.25, -0.2) is 13.4 Å². The molecule has 5 rings (SSSR count). The molecule has 194 valence electrons. The Morgan fingerprint density at radius 3 is 2.75 bits per heavy atom. The lowest BCUT2D eigenvalue weighted by Crippen LogP contribution is -2.35. The van der Waals surface area contributed by atoms with Crippen molar-refractivity contribution < 1.29 is 23.1 Å². The third-order valence-corrected chi connectivity index (χ3v) is 7.66. The number of aromatic nitrogens is 1. The highest BCUT2D eigenvalue weighted by atomic mass is 32.2. The van der Waals surface area contributed by atoms with Gasteiger partial charge in [0.25, 0.3) is 5.91 Å². The van der Waals surface area contributed by atoms with E-state index in [-0.39, 0.29) is 5.91 Å². The standard InChI is InChI=1S/C25H33N5O5S/c1-35-22-8-9-23-27-24(22)26-12-4-2-3-5-18-10-13-30(14-11-18)21-17-19(29-36(33,34)16-15-31)6-7-20(21)25(32)28-23/h2-3,6-9,17-18,29,31H,4-5,10-16H2,1H3,(H2,26,27,28,32)/b3-2+. The zero-order valence-electron chi connectivity index (χ0n) is 20.4. The molecule has 11 heteroatoms. The molecule has 0 unspecified atom stereocenters. The quantitative estimate of drug-likeness (QED) is 0.447. The van der Waals surface area contributed by atoms with Crippen LogP contribution in [0.4, 0.5) is 23.0 Å². The van der Waals surface area contributed by atoms with E-state index in [4.69, 9.17) is 9.84 Å². The van der Waals surface area contributed by atoms with Crippen molar-refractivity contribution in [3.63, 3.8) is 0 Å². The Labute approximate surface area is 211 Å². The van der Waals surface area contributed by atoms with Gasteiger partial charge in [0.1, 0.15) is 5.82 Å². The zero-order valence-corrected chi connectivity index (χ0v) is 21.2. The summed E-state index contributed by atoms with van der Waals surface area (Å²) in [4.78, 5) is 20.0. The molecule has 4 N–H and O–H groups in total. The molecule has 3 aliphatic heterocycles. The van der Waals surface area contributed by atoms with Gasteiger partial charge in [-0.2, -0.15) is 0 Å². The number of carbonyl (C=O) groups is 1. The first kappa shape index (κ1) is 25.8. The van der Waals surface area contributed by atoms with E-state index in [0.29, 0.717) is 46.8 Å². The molecule has 10 nitrogen and oxygen atoms in total. The molecule has 4 bridgehead atoms. The highest BCUT2D eigenvalue weighted by molar-refractivity contribution is 7.92. The number of aliphatic hydroxyl groups excluding tert-OH is 1. The summed E-state index contributed by atoms with van der Waals surface area (Å²) in [5, 5.41) is 15.2. The molecule has 0 aliphatic carbocycles. The number of hydrogen-bond donors (Lipinski definition) is 4. The van der Waals surface area contributed by atoms with Crippen LogP contribution >= 0.6 is 0 Å². The number of carbonyl (C=O) groups excluding carboxylic acids is 1. The summed E-state index contributed by atoms with van der Waals surface area (Å²) in [6.07, 6.45) is 8.21. The molecule has 0 atom stereocenters. The fourth-order valence-electron chi connectivity index (χ4n) is 4.48. The van der Waals surface area contributed by atoms with Gasteiger partial charge in [-0.1, -0.05) is 12.2 Å². The van der Waals surface area contributed by atoms with Crippen molar-refractivity contribution in [2.24, 2.45) is 5.92 Å². The van der Waals surface area contributed by atoms with Crippen molar-refractivity contribution in [3.8, 4) is 5.75 Å². The number of ether oxygens (including phenoxy) is 1. The van der Waals surface area contributed by atoms with Crippen molar-refractivity contribution >= 4 is 38.9 Å². The maximum Gasteiger partial charge on any atom is 0.258 e. The van der Waals surface area contributed by atoms with E-state index in [9.17, 15) is 13.2 Å². The first-order chi connectivity index (χ1) is 17.4. The normalized spacial score (nSPS) is 17.9. The number of nitrogens with one attached hydrogen (secondary N) is 3. The Morgan fingerprint density at radius 1 is 1.19 bits per heavy atom. The topological polar surface area (TPSA) is 133 Å². The number of allylic oxidation sites excluding steroid dienone is 1. The molecule has 1 aromatic heterocycles. The number of fused-ring (bicyclic) bond motifs is 7. The number of anilines is 4. The van der Waals surface area contributed by atoms with Gasteiger partial charge in [0.2, 0.25) is 10.0 Å². The molecular formula is C25H33N5O5S. The van der Waals surface area contributed by atoms with Gasteiger partial charge in [-0.3, -0.25) is 9.52 Å². The molecule has 1 saturated heterocycles. The maximum atomic E-state index is 13.4. The summed E-state index contributed by atoms with van der Waals surface area (Å²) in [7, 11) is -2.12. The van der Waals surface area contributed by atoms with E-state index < -0.39 is 22.4 Å². The first-order valence-electron chi connectivity index (χ1n) is 12.1. The zero-order chi connectivity index (χ0) is 25.5.